The Morgan fingerprint density at radius 1 is 0.886 bits per heavy atom. The zero-order valence-corrected chi connectivity index (χ0v) is 23.6. The first-order valence-electron chi connectivity index (χ1n) is 14.6. The molecule has 0 radical (unpaired) electrons. The van der Waals surface area contributed by atoms with E-state index in [0.29, 0.717) is 42.1 Å². The first-order chi connectivity index (χ1) is 16.7. The molecule has 0 aliphatic heterocycles. The molecule has 198 valence electrons. The average molecular weight is 485 g/mol. The number of rotatable bonds is 11. The summed E-state index contributed by atoms with van der Waals surface area (Å²) in [4.78, 5) is 14.0. The van der Waals surface area contributed by atoms with Crippen molar-refractivity contribution in [1.82, 2.24) is 0 Å². The van der Waals surface area contributed by atoms with Crippen molar-refractivity contribution >= 4 is 5.78 Å². The van der Waals surface area contributed by atoms with Gasteiger partial charge in [-0.25, -0.2) is 0 Å². The zero-order valence-electron chi connectivity index (χ0n) is 23.6. The van der Waals surface area contributed by atoms with Crippen molar-refractivity contribution < 1.29 is 14.3 Å². The van der Waals surface area contributed by atoms with Crippen molar-refractivity contribution in [2.24, 2.45) is 41.4 Å². The molecule has 0 saturated heterocycles. The molecule has 0 bridgehead atoms. The van der Waals surface area contributed by atoms with Crippen LogP contribution in [0.2, 0.25) is 0 Å². The number of ether oxygens (including phenoxy) is 2. The van der Waals surface area contributed by atoms with Crippen LogP contribution >= 0.6 is 0 Å². The van der Waals surface area contributed by atoms with Crippen LogP contribution < -0.4 is 4.74 Å². The highest BCUT2D eigenvalue weighted by atomic mass is 16.5. The minimum Gasteiger partial charge on any atom is -0.494 e. The van der Waals surface area contributed by atoms with Gasteiger partial charge in [0.2, 0.25) is 0 Å². The van der Waals surface area contributed by atoms with Gasteiger partial charge in [-0.05, 0) is 104 Å². The molecule has 2 aliphatic carbocycles. The van der Waals surface area contributed by atoms with E-state index in [-0.39, 0.29) is 18.0 Å². The number of ketones is 1. The van der Waals surface area contributed by atoms with Crippen molar-refractivity contribution in [3.8, 4) is 5.75 Å². The first kappa shape index (κ1) is 28.2. The van der Waals surface area contributed by atoms with E-state index >= 15 is 0 Å². The molecule has 0 heterocycles. The molecule has 3 nitrogen and oxygen atoms in total. The fourth-order valence-electron chi connectivity index (χ4n) is 6.77. The van der Waals surface area contributed by atoms with Crippen molar-refractivity contribution in [1.29, 1.82) is 0 Å². The maximum Gasteiger partial charge on any atom is 0.191 e. The predicted octanol–water partition coefficient (Wildman–Crippen LogP) is 8.60. The highest BCUT2D eigenvalue weighted by Gasteiger charge is 2.38. The predicted molar refractivity (Wildman–Crippen MR) is 146 cm³/mol. The lowest BCUT2D eigenvalue weighted by Crippen LogP contribution is -2.41. The average Bonchev–Trinajstić information content (AvgIpc) is 2.82. The van der Waals surface area contributed by atoms with Crippen LogP contribution in [0.15, 0.2) is 24.3 Å². The van der Waals surface area contributed by atoms with Crippen molar-refractivity contribution in [3.63, 3.8) is 0 Å². The second-order valence-corrected chi connectivity index (χ2v) is 12.5. The minimum absolute atomic E-state index is 0.161. The maximum atomic E-state index is 14.0. The molecule has 2 saturated carbocycles. The topological polar surface area (TPSA) is 35.5 Å². The van der Waals surface area contributed by atoms with Crippen LogP contribution in [-0.2, 0) is 4.74 Å². The van der Waals surface area contributed by atoms with Crippen molar-refractivity contribution in [2.45, 2.75) is 112 Å². The van der Waals surface area contributed by atoms with Gasteiger partial charge in [0.15, 0.2) is 5.78 Å². The first-order valence-corrected chi connectivity index (χ1v) is 14.6. The third-order valence-electron chi connectivity index (χ3n) is 8.88. The quantitative estimate of drug-likeness (QED) is 0.295. The van der Waals surface area contributed by atoms with Crippen LogP contribution in [0.1, 0.15) is 110 Å². The molecule has 6 unspecified atom stereocenters. The highest BCUT2D eigenvalue weighted by molar-refractivity contribution is 5.99. The van der Waals surface area contributed by atoms with E-state index in [1.54, 1.807) is 0 Å². The molecule has 3 heteroatoms. The second-order valence-electron chi connectivity index (χ2n) is 12.5. The Balaban J connectivity index is 1.84. The molecule has 3 rings (SSSR count). The number of carbonyl (C=O) groups excluding carboxylic acids is 1. The maximum absolute atomic E-state index is 14.0. The van der Waals surface area contributed by atoms with Crippen LogP contribution in [-0.4, -0.2) is 24.6 Å². The fourth-order valence-corrected chi connectivity index (χ4v) is 6.77. The summed E-state index contributed by atoms with van der Waals surface area (Å²) >= 11 is 0. The van der Waals surface area contributed by atoms with E-state index in [1.165, 1.54) is 32.1 Å². The summed E-state index contributed by atoms with van der Waals surface area (Å²) in [6, 6.07) is 7.77. The Morgan fingerprint density at radius 3 is 2.09 bits per heavy atom. The van der Waals surface area contributed by atoms with Crippen LogP contribution in [0.5, 0.6) is 5.75 Å². The summed E-state index contributed by atoms with van der Waals surface area (Å²) in [6.45, 7) is 16.9. The van der Waals surface area contributed by atoms with E-state index in [2.05, 4.69) is 48.5 Å². The van der Waals surface area contributed by atoms with Crippen LogP contribution in [0.4, 0.5) is 0 Å². The lowest BCUT2D eigenvalue weighted by molar-refractivity contribution is -0.0790. The Hall–Kier alpha value is -1.35. The summed E-state index contributed by atoms with van der Waals surface area (Å²) in [6.07, 6.45) is 9.03. The van der Waals surface area contributed by atoms with Gasteiger partial charge in [0.05, 0.1) is 12.7 Å². The molecule has 0 aromatic heterocycles. The normalized spacial score (nSPS) is 30.4. The fraction of sp³-hybridized carbons (Fsp3) is 0.781. The van der Waals surface area contributed by atoms with Gasteiger partial charge in [0.1, 0.15) is 11.9 Å². The van der Waals surface area contributed by atoms with E-state index in [1.807, 2.05) is 24.3 Å². The van der Waals surface area contributed by atoms with E-state index in [4.69, 9.17) is 9.47 Å². The molecule has 35 heavy (non-hydrogen) atoms. The molecular weight excluding hydrogens is 432 g/mol. The number of hydrogen-bond acceptors (Lipinski definition) is 3. The molecular formula is C32H52O3. The summed E-state index contributed by atoms with van der Waals surface area (Å²) in [5, 5.41) is 0. The molecule has 0 spiro atoms. The standard InChI is InChI=1S/C32H52O3/c1-8-17-34-27-13-11-25(12-14-27)32(33)31(20-26-18-23(6)9-15-28(26)21(2)3)35-30-19-24(7)10-16-29(30)22(4)5/h11-14,21-24,26,28-31H,8-10,15-20H2,1-7H3/t23?,24?,26?,28-,29?,30?,31?/m1/s1. The van der Waals surface area contributed by atoms with Gasteiger partial charge < -0.3 is 9.47 Å². The van der Waals surface area contributed by atoms with Gasteiger partial charge in [-0.2, -0.15) is 0 Å². The smallest absolute Gasteiger partial charge is 0.191 e. The Labute approximate surface area is 215 Å². The molecule has 0 N–H and O–H groups in total. The highest BCUT2D eigenvalue weighted by Crippen LogP contribution is 2.42. The number of hydrogen-bond donors (Lipinski definition) is 0. The van der Waals surface area contributed by atoms with Gasteiger partial charge in [0, 0.05) is 5.56 Å². The second kappa shape index (κ2) is 13.3. The largest absolute Gasteiger partial charge is 0.494 e. The molecule has 7 atom stereocenters. The Bertz CT molecular complexity index is 734. The summed E-state index contributed by atoms with van der Waals surface area (Å²) in [7, 11) is 0. The Morgan fingerprint density at radius 2 is 1.49 bits per heavy atom. The molecule has 2 fully saturated rings. The van der Waals surface area contributed by atoms with Crippen LogP contribution in [0.25, 0.3) is 0 Å². The molecule has 1 aromatic rings. The molecule has 1 aromatic carbocycles. The van der Waals surface area contributed by atoms with Crippen LogP contribution in [0.3, 0.4) is 0 Å². The number of benzene rings is 1. The third-order valence-corrected chi connectivity index (χ3v) is 8.88. The monoisotopic (exact) mass is 484 g/mol. The molecule has 0 amide bonds. The lowest BCUT2D eigenvalue weighted by atomic mass is 9.68. The van der Waals surface area contributed by atoms with Crippen molar-refractivity contribution in [3.05, 3.63) is 29.8 Å². The van der Waals surface area contributed by atoms with E-state index in [0.717, 1.165) is 36.5 Å². The van der Waals surface area contributed by atoms with Gasteiger partial charge in [0.25, 0.3) is 0 Å². The third kappa shape index (κ3) is 7.81. The van der Waals surface area contributed by atoms with Crippen molar-refractivity contribution in [2.75, 3.05) is 6.61 Å². The SMILES string of the molecule is CCCOc1ccc(C(=O)C(CC2CC(C)CC[C@@H]2C(C)C)OC2CC(C)CCC2C(C)C)cc1. The number of carbonyl (C=O) groups is 1. The van der Waals surface area contributed by atoms with E-state index < -0.39 is 0 Å². The van der Waals surface area contributed by atoms with E-state index in [9.17, 15) is 4.79 Å². The molecule has 2 aliphatic rings. The summed E-state index contributed by atoms with van der Waals surface area (Å²) in [5.74, 6) is 5.40. The van der Waals surface area contributed by atoms with Gasteiger partial charge in [-0.15, -0.1) is 0 Å². The summed E-state index contributed by atoms with van der Waals surface area (Å²) in [5.41, 5.74) is 0.758. The van der Waals surface area contributed by atoms with Crippen LogP contribution in [0, 0.1) is 41.4 Å². The zero-order chi connectivity index (χ0) is 25.5. The Kier molecular flexibility index (Phi) is 10.7. The lowest BCUT2D eigenvalue weighted by Gasteiger charge is -2.42. The van der Waals surface area contributed by atoms with Gasteiger partial charge in [-0.1, -0.05) is 61.3 Å². The minimum atomic E-state index is -0.356. The van der Waals surface area contributed by atoms with Gasteiger partial charge in [-0.3, -0.25) is 4.79 Å². The summed E-state index contributed by atoms with van der Waals surface area (Å²) < 4.78 is 12.7. The number of Topliss-reactive ketones (excluding diaryl/α,β-unsaturated/α-hetero) is 1. The van der Waals surface area contributed by atoms with Gasteiger partial charge >= 0.3 is 0 Å².